The second-order valence-corrected chi connectivity index (χ2v) is 4.44. The summed E-state index contributed by atoms with van der Waals surface area (Å²) in [6.45, 7) is 5.50. The molecule has 1 aliphatic heterocycles. The average molecular weight is 313 g/mol. The van der Waals surface area contributed by atoms with Crippen molar-refractivity contribution in [3.05, 3.63) is 24.4 Å². The first kappa shape index (κ1) is 17.8. The number of alkyl halides is 1. The van der Waals surface area contributed by atoms with Crippen LogP contribution in [0.15, 0.2) is 24.4 Å². The van der Waals surface area contributed by atoms with E-state index >= 15 is 0 Å². The molecule has 2 rings (SSSR count). The smallest absolute Gasteiger partial charge is 0.128 e. The van der Waals surface area contributed by atoms with Crippen molar-refractivity contribution in [1.82, 2.24) is 9.88 Å². The van der Waals surface area contributed by atoms with Gasteiger partial charge in [-0.3, -0.25) is 4.90 Å². The average Bonchev–Trinajstić information content (AvgIpc) is 2.38. The summed E-state index contributed by atoms with van der Waals surface area (Å²) in [4.78, 5) is 9.19. The standard InChI is InChI=1S/C12H18ClN3.2ClH/c13-5-3-7-15-8-10-16(11-9-15)12-4-1-2-6-14-12;;/h1-2,4,6H,3,5,7-11H2;2*1H. The summed E-state index contributed by atoms with van der Waals surface area (Å²) in [5, 5.41) is 0. The quantitative estimate of drug-likeness (QED) is 0.797. The summed E-state index contributed by atoms with van der Waals surface area (Å²) in [5.74, 6) is 1.86. The molecule has 1 aromatic heterocycles. The SMILES string of the molecule is Cl.Cl.ClCCCN1CCN(c2ccccn2)CC1. The van der Waals surface area contributed by atoms with Gasteiger partial charge >= 0.3 is 0 Å². The minimum atomic E-state index is 0. The predicted octanol–water partition coefficient (Wildman–Crippen LogP) is 2.68. The molecule has 18 heavy (non-hydrogen) atoms. The molecule has 2 heterocycles. The molecule has 0 aromatic carbocycles. The van der Waals surface area contributed by atoms with Gasteiger partial charge in [-0.25, -0.2) is 4.98 Å². The Hall–Kier alpha value is -0.220. The van der Waals surface area contributed by atoms with E-state index in [4.69, 9.17) is 11.6 Å². The van der Waals surface area contributed by atoms with Gasteiger partial charge in [-0.05, 0) is 25.1 Å². The number of hydrogen-bond acceptors (Lipinski definition) is 3. The maximum atomic E-state index is 5.70. The van der Waals surface area contributed by atoms with E-state index < -0.39 is 0 Å². The molecule has 0 unspecified atom stereocenters. The van der Waals surface area contributed by atoms with Crippen LogP contribution in [0, 0.1) is 0 Å². The zero-order valence-electron chi connectivity index (χ0n) is 10.3. The topological polar surface area (TPSA) is 19.4 Å². The minimum absolute atomic E-state index is 0. The van der Waals surface area contributed by atoms with Crippen LogP contribution in [0.25, 0.3) is 0 Å². The first-order valence-electron chi connectivity index (χ1n) is 5.84. The molecule has 6 heteroatoms. The number of nitrogens with zero attached hydrogens (tertiary/aromatic N) is 3. The first-order chi connectivity index (χ1) is 7.90. The maximum Gasteiger partial charge on any atom is 0.128 e. The highest BCUT2D eigenvalue weighted by molar-refractivity contribution is 6.17. The zero-order valence-corrected chi connectivity index (χ0v) is 12.7. The van der Waals surface area contributed by atoms with Crippen molar-refractivity contribution < 1.29 is 0 Å². The van der Waals surface area contributed by atoms with Crippen molar-refractivity contribution in [2.24, 2.45) is 0 Å². The van der Waals surface area contributed by atoms with Crippen LogP contribution in [0.2, 0.25) is 0 Å². The molecule has 1 saturated heterocycles. The second-order valence-electron chi connectivity index (χ2n) is 4.06. The highest BCUT2D eigenvalue weighted by atomic mass is 35.5. The lowest BCUT2D eigenvalue weighted by Gasteiger charge is -2.35. The summed E-state index contributed by atoms with van der Waals surface area (Å²) in [5.41, 5.74) is 0. The van der Waals surface area contributed by atoms with E-state index in [2.05, 4.69) is 20.9 Å². The third-order valence-electron chi connectivity index (χ3n) is 2.95. The van der Waals surface area contributed by atoms with E-state index in [1.54, 1.807) is 0 Å². The monoisotopic (exact) mass is 311 g/mol. The highest BCUT2D eigenvalue weighted by Gasteiger charge is 2.16. The molecule has 1 aromatic rings. The van der Waals surface area contributed by atoms with Gasteiger partial charge in [0, 0.05) is 38.3 Å². The summed E-state index contributed by atoms with van der Waals surface area (Å²) >= 11 is 5.70. The summed E-state index contributed by atoms with van der Waals surface area (Å²) in [6.07, 6.45) is 2.94. The second kappa shape index (κ2) is 9.68. The molecule has 0 atom stereocenters. The Labute approximate surface area is 126 Å². The van der Waals surface area contributed by atoms with Crippen LogP contribution in [0.4, 0.5) is 5.82 Å². The van der Waals surface area contributed by atoms with Crippen molar-refractivity contribution in [2.45, 2.75) is 6.42 Å². The molecule has 0 amide bonds. The van der Waals surface area contributed by atoms with Gasteiger partial charge in [-0.1, -0.05) is 6.07 Å². The van der Waals surface area contributed by atoms with Crippen LogP contribution in [-0.4, -0.2) is 48.5 Å². The van der Waals surface area contributed by atoms with Crippen LogP contribution >= 0.6 is 36.4 Å². The van der Waals surface area contributed by atoms with Crippen molar-refractivity contribution >= 4 is 42.2 Å². The van der Waals surface area contributed by atoms with Gasteiger partial charge in [0.15, 0.2) is 0 Å². The van der Waals surface area contributed by atoms with Crippen LogP contribution in [0.3, 0.4) is 0 Å². The molecule has 0 N–H and O–H groups in total. The van der Waals surface area contributed by atoms with Gasteiger partial charge in [0.2, 0.25) is 0 Å². The number of halogens is 3. The highest BCUT2D eigenvalue weighted by Crippen LogP contribution is 2.12. The number of anilines is 1. The van der Waals surface area contributed by atoms with E-state index in [9.17, 15) is 0 Å². The lowest BCUT2D eigenvalue weighted by atomic mass is 10.3. The third-order valence-corrected chi connectivity index (χ3v) is 3.22. The predicted molar refractivity (Wildman–Crippen MR) is 82.7 cm³/mol. The zero-order chi connectivity index (χ0) is 11.2. The van der Waals surface area contributed by atoms with Crippen molar-refractivity contribution in [1.29, 1.82) is 0 Å². The first-order valence-corrected chi connectivity index (χ1v) is 6.38. The number of pyridine rings is 1. The molecule has 1 fully saturated rings. The lowest BCUT2D eigenvalue weighted by Crippen LogP contribution is -2.46. The lowest BCUT2D eigenvalue weighted by molar-refractivity contribution is 0.258. The molecule has 3 nitrogen and oxygen atoms in total. The molecular formula is C12H20Cl3N3. The Morgan fingerprint density at radius 1 is 1.11 bits per heavy atom. The Morgan fingerprint density at radius 2 is 1.83 bits per heavy atom. The third kappa shape index (κ3) is 5.19. The van der Waals surface area contributed by atoms with Crippen molar-refractivity contribution in [2.75, 3.05) is 43.5 Å². The molecule has 0 aliphatic carbocycles. The fourth-order valence-electron chi connectivity index (χ4n) is 2.02. The molecule has 1 aliphatic rings. The number of aromatic nitrogens is 1. The Balaban J connectivity index is 0.00000144. The molecule has 0 saturated carbocycles. The normalized spacial score (nSPS) is 15.7. The summed E-state index contributed by atoms with van der Waals surface area (Å²) < 4.78 is 0. The Bertz CT molecular complexity index is 303. The van der Waals surface area contributed by atoms with Gasteiger partial charge < -0.3 is 4.90 Å². The molecule has 0 bridgehead atoms. The van der Waals surface area contributed by atoms with Crippen LogP contribution in [0.5, 0.6) is 0 Å². The van der Waals surface area contributed by atoms with E-state index in [0.29, 0.717) is 0 Å². The van der Waals surface area contributed by atoms with E-state index in [-0.39, 0.29) is 24.8 Å². The van der Waals surface area contributed by atoms with Gasteiger partial charge in [-0.15, -0.1) is 36.4 Å². The number of piperazine rings is 1. The van der Waals surface area contributed by atoms with Gasteiger partial charge in [-0.2, -0.15) is 0 Å². The van der Waals surface area contributed by atoms with E-state index in [1.807, 2.05) is 18.3 Å². The fourth-order valence-corrected chi connectivity index (χ4v) is 2.14. The maximum absolute atomic E-state index is 5.70. The molecule has 0 spiro atoms. The summed E-state index contributed by atoms with van der Waals surface area (Å²) in [6, 6.07) is 6.08. The van der Waals surface area contributed by atoms with E-state index in [0.717, 1.165) is 50.8 Å². The van der Waals surface area contributed by atoms with E-state index in [1.165, 1.54) is 0 Å². The number of rotatable bonds is 4. The van der Waals surface area contributed by atoms with Gasteiger partial charge in [0.05, 0.1) is 0 Å². The van der Waals surface area contributed by atoms with Gasteiger partial charge in [0.1, 0.15) is 5.82 Å². The molecular weight excluding hydrogens is 293 g/mol. The van der Waals surface area contributed by atoms with Crippen LogP contribution in [0.1, 0.15) is 6.42 Å². The number of hydrogen-bond donors (Lipinski definition) is 0. The van der Waals surface area contributed by atoms with Gasteiger partial charge in [0.25, 0.3) is 0 Å². The summed E-state index contributed by atoms with van der Waals surface area (Å²) in [7, 11) is 0. The largest absolute Gasteiger partial charge is 0.354 e. The van der Waals surface area contributed by atoms with Crippen molar-refractivity contribution in [3.63, 3.8) is 0 Å². The fraction of sp³-hybridized carbons (Fsp3) is 0.583. The molecule has 0 radical (unpaired) electrons. The van der Waals surface area contributed by atoms with Crippen LogP contribution < -0.4 is 4.90 Å². The Kier molecular flexibility index (Phi) is 9.56. The molecule has 104 valence electrons. The van der Waals surface area contributed by atoms with Crippen LogP contribution in [-0.2, 0) is 0 Å². The minimum Gasteiger partial charge on any atom is -0.354 e. The Morgan fingerprint density at radius 3 is 2.39 bits per heavy atom. The van der Waals surface area contributed by atoms with Crippen molar-refractivity contribution in [3.8, 4) is 0 Å².